The number of nitrogens with two attached hydrogens (primary N) is 1. The largest absolute Gasteiger partial charge is 0.351 e. The van der Waals surface area contributed by atoms with Crippen molar-refractivity contribution in [3.8, 4) is 0 Å². The number of sulfonamides is 1. The number of para-hydroxylation sites is 2. The quantitative estimate of drug-likeness (QED) is 0.479. The van der Waals surface area contributed by atoms with E-state index in [-0.39, 0.29) is 24.2 Å². The fraction of sp³-hybridized carbons (Fsp3) is 0.364. The number of primary sulfonamides is 1. The van der Waals surface area contributed by atoms with Gasteiger partial charge >= 0.3 is 0 Å². The van der Waals surface area contributed by atoms with Crippen molar-refractivity contribution in [1.29, 1.82) is 0 Å². The Kier molecular flexibility index (Phi) is 7.69. The molecular weight excluding hydrogens is 434 g/mol. The Morgan fingerprint density at radius 1 is 0.935 bits per heavy atom. The van der Waals surface area contributed by atoms with Crippen molar-refractivity contribution in [2.24, 2.45) is 11.1 Å². The number of benzene rings is 2. The van der Waals surface area contributed by atoms with Crippen LogP contribution in [-0.2, 0) is 10.0 Å². The highest BCUT2D eigenvalue weighted by atomic mass is 35.5. The summed E-state index contributed by atoms with van der Waals surface area (Å²) in [4.78, 5) is 9.45. The first-order chi connectivity index (χ1) is 14.5. The van der Waals surface area contributed by atoms with Gasteiger partial charge < -0.3 is 10.6 Å². The molecule has 0 aliphatic heterocycles. The Labute approximate surface area is 189 Å². The maximum absolute atomic E-state index is 11.2. The molecule has 1 aromatic heterocycles. The lowest BCUT2D eigenvalue weighted by atomic mass is 9.84. The first-order valence-electron chi connectivity index (χ1n) is 10.3. The van der Waals surface area contributed by atoms with Crippen molar-refractivity contribution < 1.29 is 8.42 Å². The lowest BCUT2D eigenvalue weighted by Crippen LogP contribution is -2.28. The predicted molar refractivity (Wildman–Crippen MR) is 128 cm³/mol. The van der Waals surface area contributed by atoms with Gasteiger partial charge in [-0.05, 0) is 62.3 Å². The Hall–Kier alpha value is -2.42. The van der Waals surface area contributed by atoms with E-state index in [9.17, 15) is 8.42 Å². The second kappa shape index (κ2) is 10.3. The minimum atomic E-state index is -3.38. The Morgan fingerprint density at radius 2 is 1.61 bits per heavy atom. The highest BCUT2D eigenvalue weighted by Gasteiger charge is 2.23. The average molecular weight is 462 g/mol. The standard InChI is InChI=1S/C22H27N5O2S.ClH/c23-30(28,29)15-14-16-10-12-18(13-11-16)25-22-26-20-9-5-4-8-19(20)21(27-22)24-17-6-2-1-3-7-17;/h1-9,16,18H,10-15H2,(H2,23,28,29)(H2,24,25,26,27);1H. The van der Waals surface area contributed by atoms with E-state index in [0.717, 1.165) is 48.1 Å². The fourth-order valence-corrected chi connectivity index (χ4v) is 4.67. The highest BCUT2D eigenvalue weighted by molar-refractivity contribution is 7.89. The van der Waals surface area contributed by atoms with Crippen molar-refractivity contribution in [2.45, 2.75) is 38.1 Å². The minimum Gasteiger partial charge on any atom is -0.351 e. The molecule has 0 spiro atoms. The molecule has 166 valence electrons. The molecule has 2 aromatic carbocycles. The van der Waals surface area contributed by atoms with Crippen molar-refractivity contribution in [2.75, 3.05) is 16.4 Å². The summed E-state index contributed by atoms with van der Waals surface area (Å²) in [5, 5.41) is 13.0. The molecule has 0 atom stereocenters. The van der Waals surface area contributed by atoms with Gasteiger partial charge in [0.15, 0.2) is 0 Å². The van der Waals surface area contributed by atoms with Crippen LogP contribution >= 0.6 is 12.4 Å². The summed E-state index contributed by atoms with van der Waals surface area (Å²) in [6, 6.07) is 18.2. The monoisotopic (exact) mass is 461 g/mol. The van der Waals surface area contributed by atoms with E-state index in [4.69, 9.17) is 15.1 Å². The zero-order chi connectivity index (χ0) is 21.0. The van der Waals surface area contributed by atoms with Crippen molar-refractivity contribution in [3.63, 3.8) is 0 Å². The SMILES string of the molecule is Cl.NS(=O)(=O)CCC1CCC(Nc2nc(Nc3ccccc3)c3ccccc3n2)CC1. The average Bonchev–Trinajstić information content (AvgIpc) is 2.73. The molecule has 0 radical (unpaired) electrons. The summed E-state index contributed by atoms with van der Waals surface area (Å²) in [5.41, 5.74) is 1.86. The lowest BCUT2D eigenvalue weighted by molar-refractivity contribution is 0.330. The number of rotatable bonds is 7. The summed E-state index contributed by atoms with van der Waals surface area (Å²) in [5.74, 6) is 1.86. The van der Waals surface area contributed by atoms with Crippen LogP contribution in [0.5, 0.6) is 0 Å². The third-order valence-electron chi connectivity index (χ3n) is 5.63. The van der Waals surface area contributed by atoms with Crippen molar-refractivity contribution in [3.05, 3.63) is 54.6 Å². The smallest absolute Gasteiger partial charge is 0.225 e. The van der Waals surface area contributed by atoms with Gasteiger partial charge in [-0.3, -0.25) is 0 Å². The van der Waals surface area contributed by atoms with Crippen molar-refractivity contribution >= 4 is 50.8 Å². The summed E-state index contributed by atoms with van der Waals surface area (Å²) < 4.78 is 22.4. The van der Waals surface area contributed by atoms with Gasteiger partial charge in [0, 0.05) is 17.1 Å². The van der Waals surface area contributed by atoms with Gasteiger partial charge in [-0.25, -0.2) is 18.5 Å². The van der Waals surface area contributed by atoms with Gasteiger partial charge in [-0.15, -0.1) is 12.4 Å². The second-order valence-corrected chi connectivity index (χ2v) is 9.66. The fourth-order valence-electron chi connectivity index (χ4n) is 4.00. The van der Waals surface area contributed by atoms with E-state index in [1.54, 1.807) is 0 Å². The van der Waals surface area contributed by atoms with Crippen molar-refractivity contribution in [1.82, 2.24) is 9.97 Å². The first-order valence-corrected chi connectivity index (χ1v) is 12.0. The zero-order valence-corrected chi connectivity index (χ0v) is 18.8. The molecule has 3 aromatic rings. The molecule has 0 saturated heterocycles. The molecule has 1 heterocycles. The topological polar surface area (TPSA) is 110 Å². The molecule has 0 unspecified atom stereocenters. The van der Waals surface area contributed by atoms with Gasteiger partial charge in [-0.2, -0.15) is 4.98 Å². The molecule has 9 heteroatoms. The van der Waals surface area contributed by atoms with Gasteiger partial charge in [0.1, 0.15) is 5.82 Å². The van der Waals surface area contributed by atoms with Gasteiger partial charge in [-0.1, -0.05) is 30.3 Å². The molecule has 4 N–H and O–H groups in total. The second-order valence-electron chi connectivity index (χ2n) is 7.92. The van der Waals surface area contributed by atoms with E-state index >= 15 is 0 Å². The van der Waals surface area contributed by atoms with Crippen LogP contribution in [0.2, 0.25) is 0 Å². The summed E-state index contributed by atoms with van der Waals surface area (Å²) >= 11 is 0. The van der Waals surface area contributed by atoms with E-state index < -0.39 is 10.0 Å². The molecule has 1 fully saturated rings. The van der Waals surface area contributed by atoms with Gasteiger partial charge in [0.2, 0.25) is 16.0 Å². The Balaban J connectivity index is 0.00000272. The zero-order valence-electron chi connectivity index (χ0n) is 17.2. The predicted octanol–water partition coefficient (Wildman–Crippen LogP) is 4.44. The minimum absolute atomic E-state index is 0. The van der Waals surface area contributed by atoms with Crippen LogP contribution in [0.4, 0.5) is 17.5 Å². The number of hydrogen-bond acceptors (Lipinski definition) is 6. The van der Waals surface area contributed by atoms with Crippen LogP contribution in [0.1, 0.15) is 32.1 Å². The first kappa shape index (κ1) is 23.2. The molecule has 1 aliphatic carbocycles. The van der Waals surface area contributed by atoms with Crippen LogP contribution in [0.25, 0.3) is 10.9 Å². The number of aromatic nitrogens is 2. The van der Waals surface area contributed by atoms with Crippen LogP contribution in [0.15, 0.2) is 54.6 Å². The number of nitrogens with zero attached hydrogens (tertiary/aromatic N) is 2. The van der Waals surface area contributed by atoms with Crippen LogP contribution in [0.3, 0.4) is 0 Å². The normalized spacial score (nSPS) is 18.9. The highest BCUT2D eigenvalue weighted by Crippen LogP contribution is 2.30. The lowest BCUT2D eigenvalue weighted by Gasteiger charge is -2.29. The number of anilines is 3. The summed E-state index contributed by atoms with van der Waals surface area (Å²) in [6.07, 6.45) is 4.54. The number of fused-ring (bicyclic) bond motifs is 1. The van der Waals surface area contributed by atoms with E-state index in [2.05, 4.69) is 10.6 Å². The summed E-state index contributed by atoms with van der Waals surface area (Å²) in [6.45, 7) is 0. The maximum atomic E-state index is 11.2. The Bertz CT molecular complexity index is 1100. The molecule has 0 bridgehead atoms. The molecule has 7 nitrogen and oxygen atoms in total. The van der Waals surface area contributed by atoms with Crippen LogP contribution < -0.4 is 15.8 Å². The molecule has 31 heavy (non-hydrogen) atoms. The number of hydrogen-bond donors (Lipinski definition) is 3. The van der Waals surface area contributed by atoms with E-state index in [1.807, 2.05) is 54.6 Å². The number of nitrogens with one attached hydrogen (secondary N) is 2. The number of halogens is 1. The molecular formula is C22H28ClN5O2S. The van der Waals surface area contributed by atoms with Gasteiger partial charge in [0.05, 0.1) is 11.3 Å². The maximum Gasteiger partial charge on any atom is 0.225 e. The van der Waals surface area contributed by atoms with Gasteiger partial charge in [0.25, 0.3) is 0 Å². The Morgan fingerprint density at radius 3 is 2.32 bits per heavy atom. The third-order valence-corrected chi connectivity index (χ3v) is 6.44. The van der Waals surface area contributed by atoms with E-state index in [0.29, 0.717) is 18.3 Å². The van der Waals surface area contributed by atoms with Crippen LogP contribution in [-0.4, -0.2) is 30.2 Å². The van der Waals surface area contributed by atoms with E-state index in [1.165, 1.54) is 0 Å². The molecule has 4 rings (SSSR count). The molecule has 1 saturated carbocycles. The molecule has 0 amide bonds. The third kappa shape index (κ3) is 6.53. The summed E-state index contributed by atoms with van der Waals surface area (Å²) in [7, 11) is -3.38. The van der Waals surface area contributed by atoms with Crippen LogP contribution in [0, 0.1) is 5.92 Å². The molecule has 1 aliphatic rings.